The molecular formula is C12H16FNO3. The number of rotatable bonds is 5. The summed E-state index contributed by atoms with van der Waals surface area (Å²) in [5.41, 5.74) is 6.36. The van der Waals surface area contributed by atoms with Crippen molar-refractivity contribution < 1.29 is 19.0 Å². The van der Waals surface area contributed by atoms with Crippen molar-refractivity contribution in [2.45, 2.75) is 32.4 Å². The van der Waals surface area contributed by atoms with E-state index in [4.69, 9.17) is 15.6 Å². The summed E-state index contributed by atoms with van der Waals surface area (Å²) in [6, 6.07) is 4.36. The third-order valence-corrected chi connectivity index (χ3v) is 2.21. The molecule has 2 unspecified atom stereocenters. The van der Waals surface area contributed by atoms with E-state index in [1.54, 1.807) is 6.07 Å². The zero-order chi connectivity index (χ0) is 13.0. The third-order valence-electron chi connectivity index (χ3n) is 2.21. The van der Waals surface area contributed by atoms with Gasteiger partial charge in [0, 0.05) is 6.04 Å². The summed E-state index contributed by atoms with van der Waals surface area (Å²) >= 11 is 0. The van der Waals surface area contributed by atoms with Gasteiger partial charge in [0.1, 0.15) is 0 Å². The highest BCUT2D eigenvalue weighted by Gasteiger charge is 2.15. The molecule has 5 heteroatoms. The van der Waals surface area contributed by atoms with Crippen LogP contribution in [0.4, 0.5) is 4.39 Å². The quantitative estimate of drug-likeness (QED) is 0.820. The van der Waals surface area contributed by atoms with E-state index in [-0.39, 0.29) is 11.8 Å². The number of hydrogen-bond acceptors (Lipinski definition) is 3. The van der Waals surface area contributed by atoms with Gasteiger partial charge >= 0.3 is 5.97 Å². The average Bonchev–Trinajstić information content (AvgIpc) is 2.20. The highest BCUT2D eigenvalue weighted by Crippen LogP contribution is 2.20. The van der Waals surface area contributed by atoms with Crippen LogP contribution in [0, 0.1) is 5.82 Å². The van der Waals surface area contributed by atoms with Gasteiger partial charge in [-0.15, -0.1) is 0 Å². The van der Waals surface area contributed by atoms with Gasteiger partial charge in [-0.1, -0.05) is 6.07 Å². The van der Waals surface area contributed by atoms with E-state index >= 15 is 0 Å². The van der Waals surface area contributed by atoms with Crippen LogP contribution in [-0.2, 0) is 11.2 Å². The molecule has 4 nitrogen and oxygen atoms in total. The van der Waals surface area contributed by atoms with E-state index in [1.807, 2.05) is 6.92 Å². The molecular weight excluding hydrogens is 225 g/mol. The average molecular weight is 241 g/mol. The minimum atomic E-state index is -1.14. The summed E-state index contributed by atoms with van der Waals surface area (Å²) in [4.78, 5) is 10.6. The second kappa shape index (κ2) is 5.63. The number of halogens is 1. The van der Waals surface area contributed by atoms with Gasteiger partial charge in [0.2, 0.25) is 0 Å². The maximum Gasteiger partial charge on any atom is 0.344 e. The first-order valence-electron chi connectivity index (χ1n) is 5.33. The fourth-order valence-electron chi connectivity index (χ4n) is 1.38. The first-order valence-corrected chi connectivity index (χ1v) is 5.33. The molecule has 0 fully saturated rings. The molecule has 3 N–H and O–H groups in total. The molecule has 0 saturated heterocycles. The van der Waals surface area contributed by atoms with Crippen LogP contribution in [0.15, 0.2) is 18.2 Å². The lowest BCUT2D eigenvalue weighted by atomic mass is 10.1. The SMILES string of the molecule is CC(N)Cc1ccc(OC(C)C(=O)O)c(F)c1. The Bertz CT molecular complexity index is 407. The number of carboxylic acid groups (broad SMARTS) is 1. The van der Waals surface area contributed by atoms with Crippen molar-refractivity contribution in [1.82, 2.24) is 0 Å². The van der Waals surface area contributed by atoms with Crippen LogP contribution in [0.25, 0.3) is 0 Å². The Morgan fingerprint density at radius 3 is 2.65 bits per heavy atom. The topological polar surface area (TPSA) is 72.5 Å². The number of ether oxygens (including phenoxy) is 1. The van der Waals surface area contributed by atoms with Crippen LogP contribution in [0.1, 0.15) is 19.4 Å². The van der Waals surface area contributed by atoms with E-state index in [9.17, 15) is 9.18 Å². The summed E-state index contributed by atoms with van der Waals surface area (Å²) in [5, 5.41) is 8.64. The van der Waals surface area contributed by atoms with Gasteiger partial charge < -0.3 is 15.6 Å². The Kier molecular flexibility index (Phi) is 4.45. The second-order valence-corrected chi connectivity index (χ2v) is 4.04. The maximum absolute atomic E-state index is 13.6. The Hall–Kier alpha value is -1.62. The minimum absolute atomic E-state index is 0.0564. The van der Waals surface area contributed by atoms with Crippen LogP contribution in [0.5, 0.6) is 5.75 Å². The van der Waals surface area contributed by atoms with Gasteiger partial charge in [-0.3, -0.25) is 0 Å². The summed E-state index contributed by atoms with van der Waals surface area (Å²) in [6.45, 7) is 3.17. The molecule has 0 heterocycles. The standard InChI is InChI=1S/C12H16FNO3/c1-7(14)5-9-3-4-11(10(13)6-9)17-8(2)12(15)16/h3-4,6-8H,5,14H2,1-2H3,(H,15,16). The van der Waals surface area contributed by atoms with E-state index in [2.05, 4.69) is 0 Å². The molecule has 1 aromatic carbocycles. The Morgan fingerprint density at radius 1 is 1.53 bits per heavy atom. The Balaban J connectivity index is 2.79. The first kappa shape index (κ1) is 13.4. The molecule has 0 aliphatic carbocycles. The van der Waals surface area contributed by atoms with Gasteiger partial charge in [-0.05, 0) is 38.0 Å². The normalized spacial score (nSPS) is 14.1. The third kappa shape index (κ3) is 4.03. The molecule has 17 heavy (non-hydrogen) atoms. The van der Waals surface area contributed by atoms with Gasteiger partial charge in [0.05, 0.1) is 0 Å². The molecule has 94 valence electrons. The highest BCUT2D eigenvalue weighted by molar-refractivity contribution is 5.72. The summed E-state index contributed by atoms with van der Waals surface area (Å²) < 4.78 is 18.5. The molecule has 0 aromatic heterocycles. The molecule has 0 spiro atoms. The summed E-state index contributed by atoms with van der Waals surface area (Å²) in [7, 11) is 0. The zero-order valence-corrected chi connectivity index (χ0v) is 9.81. The first-order chi connectivity index (χ1) is 7.90. The van der Waals surface area contributed by atoms with E-state index < -0.39 is 17.9 Å². The van der Waals surface area contributed by atoms with Crippen molar-refractivity contribution in [2.24, 2.45) is 5.73 Å². The fourth-order valence-corrected chi connectivity index (χ4v) is 1.38. The molecule has 0 amide bonds. The second-order valence-electron chi connectivity index (χ2n) is 4.04. The Labute approximate surface area is 99.2 Å². The summed E-state index contributed by atoms with van der Waals surface area (Å²) in [6.07, 6.45) is -0.519. The Morgan fingerprint density at radius 2 is 2.18 bits per heavy atom. The lowest BCUT2D eigenvalue weighted by molar-refractivity contribution is -0.144. The number of nitrogens with two attached hydrogens (primary N) is 1. The molecule has 0 aliphatic rings. The van der Waals surface area contributed by atoms with Crippen LogP contribution >= 0.6 is 0 Å². The molecule has 1 rings (SSSR count). The van der Waals surface area contributed by atoms with Gasteiger partial charge in [0.25, 0.3) is 0 Å². The predicted molar refractivity (Wildman–Crippen MR) is 61.5 cm³/mol. The predicted octanol–water partition coefficient (Wildman–Crippen LogP) is 1.57. The monoisotopic (exact) mass is 241 g/mol. The van der Waals surface area contributed by atoms with E-state index in [1.165, 1.54) is 19.1 Å². The van der Waals surface area contributed by atoms with Gasteiger partial charge in [-0.25, -0.2) is 9.18 Å². The molecule has 2 atom stereocenters. The lowest BCUT2D eigenvalue weighted by Crippen LogP contribution is -2.23. The van der Waals surface area contributed by atoms with Crippen molar-refractivity contribution in [2.75, 3.05) is 0 Å². The van der Waals surface area contributed by atoms with Crippen LogP contribution in [-0.4, -0.2) is 23.2 Å². The van der Waals surface area contributed by atoms with Crippen molar-refractivity contribution in [3.05, 3.63) is 29.6 Å². The number of aliphatic carboxylic acids is 1. The smallest absolute Gasteiger partial charge is 0.344 e. The van der Waals surface area contributed by atoms with E-state index in [0.717, 1.165) is 5.56 Å². The largest absolute Gasteiger partial charge is 0.479 e. The van der Waals surface area contributed by atoms with Gasteiger partial charge in [-0.2, -0.15) is 0 Å². The molecule has 0 saturated carbocycles. The number of benzene rings is 1. The number of hydrogen-bond donors (Lipinski definition) is 2. The lowest BCUT2D eigenvalue weighted by Gasteiger charge is -2.12. The molecule has 0 bridgehead atoms. The number of carbonyl (C=O) groups is 1. The van der Waals surface area contributed by atoms with Crippen molar-refractivity contribution >= 4 is 5.97 Å². The molecule has 0 radical (unpaired) electrons. The molecule has 1 aromatic rings. The van der Waals surface area contributed by atoms with Crippen molar-refractivity contribution in [3.63, 3.8) is 0 Å². The highest BCUT2D eigenvalue weighted by atomic mass is 19.1. The minimum Gasteiger partial charge on any atom is -0.479 e. The number of carboxylic acids is 1. The van der Waals surface area contributed by atoms with E-state index in [0.29, 0.717) is 6.42 Å². The fraction of sp³-hybridized carbons (Fsp3) is 0.417. The zero-order valence-electron chi connectivity index (χ0n) is 9.81. The van der Waals surface area contributed by atoms with Crippen LogP contribution in [0.2, 0.25) is 0 Å². The summed E-state index contributed by atoms with van der Waals surface area (Å²) in [5.74, 6) is -1.77. The maximum atomic E-state index is 13.6. The van der Waals surface area contributed by atoms with Gasteiger partial charge in [0.15, 0.2) is 17.7 Å². The van der Waals surface area contributed by atoms with Crippen molar-refractivity contribution in [1.29, 1.82) is 0 Å². The molecule has 0 aliphatic heterocycles. The van der Waals surface area contributed by atoms with Crippen LogP contribution < -0.4 is 10.5 Å². The van der Waals surface area contributed by atoms with Crippen LogP contribution in [0.3, 0.4) is 0 Å². The van der Waals surface area contributed by atoms with Crippen molar-refractivity contribution in [3.8, 4) is 5.75 Å².